The summed E-state index contributed by atoms with van der Waals surface area (Å²) in [5, 5.41) is 19.2. The standard InChI is InChI=1S/C20H21N7O2/c1-28-16-3-2-4-17(29-11-12-5-13(22)6-12)20(16)15-7-18(27-26-15)25-19-10-23-14(8-21)9-24-19/h2-4,7,9-10,12-13H,5-6,11,22H2,1H3,(H2,24,25,26,27). The fourth-order valence-electron chi connectivity index (χ4n) is 3.29. The number of ether oxygens (including phenoxy) is 2. The Hall–Kier alpha value is -3.64. The number of nitrogens with zero attached hydrogens (tertiary/aromatic N) is 4. The molecule has 1 aliphatic rings. The number of anilines is 2. The van der Waals surface area contributed by atoms with Crippen LogP contribution in [0, 0.1) is 17.2 Å². The van der Waals surface area contributed by atoms with Crippen LogP contribution in [-0.2, 0) is 0 Å². The normalized spacial score (nSPS) is 17.8. The molecule has 0 radical (unpaired) electrons. The van der Waals surface area contributed by atoms with Crippen molar-refractivity contribution in [1.29, 1.82) is 5.26 Å². The number of nitrogens with one attached hydrogen (secondary N) is 2. The summed E-state index contributed by atoms with van der Waals surface area (Å²) in [4.78, 5) is 8.13. The number of H-pyrrole nitrogens is 1. The number of nitriles is 1. The minimum absolute atomic E-state index is 0.251. The van der Waals surface area contributed by atoms with Gasteiger partial charge in [0.25, 0.3) is 0 Å². The van der Waals surface area contributed by atoms with Crippen LogP contribution >= 0.6 is 0 Å². The molecule has 2 aromatic heterocycles. The van der Waals surface area contributed by atoms with Gasteiger partial charge in [-0.25, -0.2) is 9.97 Å². The van der Waals surface area contributed by atoms with Gasteiger partial charge in [-0.2, -0.15) is 10.4 Å². The second kappa shape index (κ2) is 8.16. The second-order valence-electron chi connectivity index (χ2n) is 6.93. The van der Waals surface area contributed by atoms with Crippen molar-refractivity contribution >= 4 is 11.6 Å². The summed E-state index contributed by atoms with van der Waals surface area (Å²) in [5.41, 5.74) is 7.66. The number of aromatic nitrogens is 4. The van der Waals surface area contributed by atoms with Gasteiger partial charge in [0.05, 0.1) is 37.4 Å². The lowest BCUT2D eigenvalue weighted by Crippen LogP contribution is -2.39. The van der Waals surface area contributed by atoms with E-state index < -0.39 is 0 Å². The monoisotopic (exact) mass is 391 g/mol. The maximum Gasteiger partial charge on any atom is 0.158 e. The van der Waals surface area contributed by atoms with Crippen molar-refractivity contribution in [3.8, 4) is 28.8 Å². The summed E-state index contributed by atoms with van der Waals surface area (Å²) in [7, 11) is 1.62. The van der Waals surface area contributed by atoms with Crippen molar-refractivity contribution in [3.63, 3.8) is 0 Å². The van der Waals surface area contributed by atoms with E-state index in [1.54, 1.807) is 7.11 Å². The molecule has 4 rings (SSSR count). The van der Waals surface area contributed by atoms with Crippen LogP contribution in [0.1, 0.15) is 18.5 Å². The van der Waals surface area contributed by atoms with Crippen LogP contribution in [0.5, 0.6) is 11.5 Å². The molecule has 0 atom stereocenters. The fourth-order valence-corrected chi connectivity index (χ4v) is 3.29. The molecule has 9 nitrogen and oxygen atoms in total. The third-order valence-corrected chi connectivity index (χ3v) is 4.82. The quantitative estimate of drug-likeness (QED) is 0.559. The van der Waals surface area contributed by atoms with Crippen molar-refractivity contribution in [2.45, 2.75) is 18.9 Å². The Labute approximate surface area is 167 Å². The lowest BCUT2D eigenvalue weighted by Gasteiger charge is -2.32. The Bertz CT molecular complexity index is 1020. The first-order valence-corrected chi connectivity index (χ1v) is 9.26. The summed E-state index contributed by atoms with van der Waals surface area (Å²) in [6.45, 7) is 0.619. The molecule has 0 saturated heterocycles. The maximum atomic E-state index is 8.81. The SMILES string of the molecule is COc1cccc(OCC2CC(N)C2)c1-c1cc(Nc2cnc(C#N)cn2)n[nH]1. The summed E-state index contributed by atoms with van der Waals surface area (Å²) in [6, 6.07) is 9.75. The molecule has 9 heteroatoms. The number of methoxy groups -OCH3 is 1. The van der Waals surface area contributed by atoms with Crippen LogP contribution in [0.4, 0.5) is 11.6 Å². The largest absolute Gasteiger partial charge is 0.496 e. The highest BCUT2D eigenvalue weighted by Gasteiger charge is 2.27. The predicted octanol–water partition coefficient (Wildman–Crippen LogP) is 2.61. The molecule has 1 aromatic carbocycles. The molecule has 148 valence electrons. The van der Waals surface area contributed by atoms with Crippen molar-refractivity contribution in [1.82, 2.24) is 20.2 Å². The van der Waals surface area contributed by atoms with E-state index in [0.29, 0.717) is 36.0 Å². The molecule has 0 amide bonds. The molecule has 0 aliphatic heterocycles. The smallest absolute Gasteiger partial charge is 0.158 e. The molecule has 0 unspecified atom stereocenters. The van der Waals surface area contributed by atoms with Gasteiger partial charge in [-0.1, -0.05) is 6.07 Å². The minimum atomic E-state index is 0.251. The molecule has 3 aromatic rings. The minimum Gasteiger partial charge on any atom is -0.496 e. The van der Waals surface area contributed by atoms with E-state index in [2.05, 4.69) is 25.5 Å². The van der Waals surface area contributed by atoms with Gasteiger partial charge in [0.15, 0.2) is 11.5 Å². The van der Waals surface area contributed by atoms with Crippen LogP contribution < -0.4 is 20.5 Å². The van der Waals surface area contributed by atoms with Crippen LogP contribution in [-0.4, -0.2) is 39.9 Å². The number of benzene rings is 1. The van der Waals surface area contributed by atoms with E-state index in [4.69, 9.17) is 20.5 Å². The summed E-state index contributed by atoms with van der Waals surface area (Å²) in [5.74, 6) is 2.93. The number of nitrogens with two attached hydrogens (primary N) is 1. The van der Waals surface area contributed by atoms with Crippen molar-refractivity contribution in [2.75, 3.05) is 19.0 Å². The molecule has 0 spiro atoms. The molecule has 0 bridgehead atoms. The molecule has 2 heterocycles. The zero-order chi connectivity index (χ0) is 20.2. The molecular weight excluding hydrogens is 370 g/mol. The van der Waals surface area contributed by atoms with Gasteiger partial charge in [-0.15, -0.1) is 0 Å². The topological polar surface area (TPSA) is 135 Å². The van der Waals surface area contributed by atoms with E-state index in [9.17, 15) is 0 Å². The highest BCUT2D eigenvalue weighted by molar-refractivity contribution is 5.76. The van der Waals surface area contributed by atoms with Gasteiger partial charge >= 0.3 is 0 Å². The van der Waals surface area contributed by atoms with Gasteiger partial charge in [-0.05, 0) is 30.9 Å². The Balaban J connectivity index is 1.54. The Morgan fingerprint density at radius 3 is 2.76 bits per heavy atom. The van der Waals surface area contributed by atoms with E-state index in [1.165, 1.54) is 12.4 Å². The number of hydrogen-bond donors (Lipinski definition) is 3. The lowest BCUT2D eigenvalue weighted by molar-refractivity contribution is 0.160. The van der Waals surface area contributed by atoms with Gasteiger partial charge in [-0.3, -0.25) is 5.10 Å². The maximum absolute atomic E-state index is 8.81. The lowest BCUT2D eigenvalue weighted by atomic mass is 9.81. The molecule has 1 fully saturated rings. The third-order valence-electron chi connectivity index (χ3n) is 4.82. The van der Waals surface area contributed by atoms with Gasteiger partial charge < -0.3 is 20.5 Å². The molecule has 4 N–H and O–H groups in total. The first-order chi connectivity index (χ1) is 14.2. The highest BCUT2D eigenvalue weighted by atomic mass is 16.5. The first-order valence-electron chi connectivity index (χ1n) is 9.26. The first kappa shape index (κ1) is 18.7. The number of hydrogen-bond acceptors (Lipinski definition) is 8. The van der Waals surface area contributed by atoms with Crippen LogP contribution in [0.15, 0.2) is 36.7 Å². The molecule has 1 saturated carbocycles. The van der Waals surface area contributed by atoms with Gasteiger partial charge in [0.2, 0.25) is 0 Å². The Kier molecular flexibility index (Phi) is 5.27. The zero-order valence-electron chi connectivity index (χ0n) is 15.9. The molecular formula is C20H21N7O2. The average molecular weight is 391 g/mol. The Morgan fingerprint density at radius 2 is 2.07 bits per heavy atom. The summed E-state index contributed by atoms with van der Waals surface area (Å²) >= 11 is 0. The van der Waals surface area contributed by atoms with Crippen LogP contribution in [0.25, 0.3) is 11.3 Å². The van der Waals surface area contributed by atoms with Crippen LogP contribution in [0.3, 0.4) is 0 Å². The predicted molar refractivity (Wildman–Crippen MR) is 107 cm³/mol. The zero-order valence-corrected chi connectivity index (χ0v) is 15.9. The van der Waals surface area contributed by atoms with E-state index in [-0.39, 0.29) is 5.69 Å². The van der Waals surface area contributed by atoms with Crippen molar-refractivity contribution in [3.05, 3.63) is 42.4 Å². The molecule has 29 heavy (non-hydrogen) atoms. The average Bonchev–Trinajstić information content (AvgIpc) is 3.18. The van der Waals surface area contributed by atoms with Crippen molar-refractivity contribution in [2.24, 2.45) is 11.7 Å². The molecule has 1 aliphatic carbocycles. The number of aromatic amines is 1. The van der Waals surface area contributed by atoms with Gasteiger partial charge in [0, 0.05) is 12.1 Å². The summed E-state index contributed by atoms with van der Waals surface area (Å²) < 4.78 is 11.6. The Morgan fingerprint density at radius 1 is 1.24 bits per heavy atom. The third kappa shape index (κ3) is 4.12. The fraction of sp³-hybridized carbons (Fsp3) is 0.300. The summed E-state index contributed by atoms with van der Waals surface area (Å²) in [6.07, 6.45) is 4.86. The van der Waals surface area contributed by atoms with E-state index in [1.807, 2.05) is 30.3 Å². The second-order valence-corrected chi connectivity index (χ2v) is 6.93. The van der Waals surface area contributed by atoms with Gasteiger partial charge in [0.1, 0.15) is 23.4 Å². The van der Waals surface area contributed by atoms with Crippen LogP contribution in [0.2, 0.25) is 0 Å². The highest BCUT2D eigenvalue weighted by Crippen LogP contribution is 2.39. The van der Waals surface area contributed by atoms with Crippen molar-refractivity contribution < 1.29 is 9.47 Å². The number of rotatable bonds is 7. The van der Waals surface area contributed by atoms with E-state index in [0.717, 1.165) is 29.8 Å². The van der Waals surface area contributed by atoms with E-state index >= 15 is 0 Å².